The summed E-state index contributed by atoms with van der Waals surface area (Å²) in [5.74, 6) is 4.27. The average Bonchev–Trinajstić information content (AvgIpc) is 2.21. The number of rotatable bonds is 2. The normalized spacial score (nSPS) is 11.4. The van der Waals surface area contributed by atoms with Gasteiger partial charge in [0, 0.05) is 5.02 Å². The highest BCUT2D eigenvalue weighted by Gasteiger charge is 2.31. The summed E-state index contributed by atoms with van der Waals surface area (Å²) < 4.78 is 13.4. The Bertz CT molecular complexity index is 432. The minimum Gasteiger partial charge on any atom is -0.294 e. The molecule has 0 unspecified atom stereocenters. The van der Waals surface area contributed by atoms with Crippen LogP contribution in [0.1, 0.15) is 25.0 Å². The summed E-state index contributed by atoms with van der Waals surface area (Å²) in [6.07, 6.45) is 0. The lowest BCUT2D eigenvalue weighted by atomic mass is 9.83. The molecule has 0 saturated heterocycles. The van der Waals surface area contributed by atoms with Gasteiger partial charge in [-0.25, -0.2) is 10.2 Å². The lowest BCUT2D eigenvalue weighted by Gasteiger charge is -2.24. The van der Waals surface area contributed by atoms with Crippen LogP contribution in [-0.4, -0.2) is 5.91 Å². The van der Waals surface area contributed by atoms with Gasteiger partial charge < -0.3 is 0 Å². The molecule has 0 radical (unpaired) electrons. The van der Waals surface area contributed by atoms with Crippen LogP contribution in [0.3, 0.4) is 0 Å². The largest absolute Gasteiger partial charge is 0.294 e. The maximum absolute atomic E-state index is 13.4. The van der Waals surface area contributed by atoms with Crippen LogP contribution in [0.4, 0.5) is 4.39 Å². The highest BCUT2D eigenvalue weighted by atomic mass is 35.5. The topological polar surface area (TPSA) is 55.1 Å². The van der Waals surface area contributed by atoms with Crippen LogP contribution in [0, 0.1) is 12.7 Å². The van der Waals surface area contributed by atoms with Crippen molar-refractivity contribution in [2.45, 2.75) is 26.2 Å². The van der Waals surface area contributed by atoms with Crippen molar-refractivity contribution in [3.63, 3.8) is 0 Å². The monoisotopic (exact) mass is 244 g/mol. The van der Waals surface area contributed by atoms with Crippen molar-refractivity contribution in [2.24, 2.45) is 5.84 Å². The standard InChI is InChI=1S/C11H14ClFN2O/c1-6-4-8(12)7(5-9(6)13)11(2,3)10(16)15-14/h4-5H,14H2,1-3H3,(H,15,16). The van der Waals surface area contributed by atoms with Gasteiger partial charge in [-0.2, -0.15) is 0 Å². The second-order valence-electron chi connectivity index (χ2n) is 4.18. The Morgan fingerprint density at radius 3 is 2.56 bits per heavy atom. The lowest BCUT2D eigenvalue weighted by Crippen LogP contribution is -2.43. The molecule has 5 heteroatoms. The van der Waals surface area contributed by atoms with E-state index in [4.69, 9.17) is 17.4 Å². The number of benzene rings is 1. The zero-order chi connectivity index (χ0) is 12.5. The first-order valence-corrected chi connectivity index (χ1v) is 5.15. The van der Waals surface area contributed by atoms with Crippen LogP contribution in [0.5, 0.6) is 0 Å². The number of halogens is 2. The van der Waals surface area contributed by atoms with Crippen molar-refractivity contribution in [1.82, 2.24) is 5.43 Å². The van der Waals surface area contributed by atoms with Crippen molar-refractivity contribution in [1.29, 1.82) is 0 Å². The molecule has 3 N–H and O–H groups in total. The molecule has 0 heterocycles. The zero-order valence-electron chi connectivity index (χ0n) is 9.40. The van der Waals surface area contributed by atoms with E-state index in [2.05, 4.69) is 0 Å². The molecule has 1 amide bonds. The molecule has 0 spiro atoms. The fourth-order valence-electron chi connectivity index (χ4n) is 1.43. The molecule has 1 aromatic rings. The van der Waals surface area contributed by atoms with Crippen LogP contribution in [0.2, 0.25) is 5.02 Å². The SMILES string of the molecule is Cc1cc(Cl)c(C(C)(C)C(=O)NN)cc1F. The first-order chi connectivity index (χ1) is 7.30. The maximum atomic E-state index is 13.4. The third-order valence-electron chi connectivity index (χ3n) is 2.62. The molecule has 1 rings (SSSR count). The Morgan fingerprint density at radius 1 is 1.50 bits per heavy atom. The first kappa shape index (κ1) is 12.9. The quantitative estimate of drug-likeness (QED) is 0.475. The van der Waals surface area contributed by atoms with Gasteiger partial charge in [0.15, 0.2) is 0 Å². The van der Waals surface area contributed by atoms with Gasteiger partial charge in [-0.1, -0.05) is 11.6 Å². The summed E-state index contributed by atoms with van der Waals surface area (Å²) in [5.41, 5.74) is 1.93. The summed E-state index contributed by atoms with van der Waals surface area (Å²) in [6, 6.07) is 2.77. The molecule has 0 aliphatic rings. The van der Waals surface area contributed by atoms with Gasteiger partial charge in [-0.3, -0.25) is 10.2 Å². The lowest BCUT2D eigenvalue weighted by molar-refractivity contribution is -0.125. The third kappa shape index (κ3) is 2.18. The molecular weight excluding hydrogens is 231 g/mol. The predicted molar refractivity (Wildman–Crippen MR) is 61.5 cm³/mol. The van der Waals surface area contributed by atoms with E-state index in [9.17, 15) is 9.18 Å². The van der Waals surface area contributed by atoms with Gasteiger partial charge >= 0.3 is 0 Å². The number of hydrazine groups is 1. The van der Waals surface area contributed by atoms with Crippen molar-refractivity contribution < 1.29 is 9.18 Å². The van der Waals surface area contributed by atoms with Crippen molar-refractivity contribution >= 4 is 17.5 Å². The maximum Gasteiger partial charge on any atom is 0.244 e. The van der Waals surface area contributed by atoms with Crippen LogP contribution < -0.4 is 11.3 Å². The zero-order valence-corrected chi connectivity index (χ0v) is 10.2. The molecule has 0 fully saturated rings. The van der Waals surface area contributed by atoms with Gasteiger partial charge in [0.2, 0.25) is 5.91 Å². The molecule has 0 aliphatic heterocycles. The molecule has 0 bridgehead atoms. The van der Waals surface area contributed by atoms with Crippen LogP contribution in [0.15, 0.2) is 12.1 Å². The van der Waals surface area contributed by atoms with Crippen molar-refractivity contribution in [3.05, 3.63) is 34.1 Å². The first-order valence-electron chi connectivity index (χ1n) is 4.78. The smallest absolute Gasteiger partial charge is 0.244 e. The molecule has 0 atom stereocenters. The molecular formula is C11H14ClFN2O. The molecule has 1 aromatic carbocycles. The summed E-state index contributed by atoms with van der Waals surface area (Å²) in [7, 11) is 0. The Morgan fingerprint density at radius 2 is 2.06 bits per heavy atom. The van der Waals surface area contributed by atoms with Gasteiger partial charge in [0.05, 0.1) is 5.41 Å². The second-order valence-corrected chi connectivity index (χ2v) is 4.59. The highest BCUT2D eigenvalue weighted by Crippen LogP contribution is 2.31. The second kappa shape index (κ2) is 4.39. The molecule has 16 heavy (non-hydrogen) atoms. The van der Waals surface area contributed by atoms with Gasteiger partial charge in [-0.15, -0.1) is 0 Å². The van der Waals surface area contributed by atoms with Gasteiger partial charge in [0.1, 0.15) is 5.82 Å². The van der Waals surface area contributed by atoms with E-state index < -0.39 is 17.1 Å². The Balaban J connectivity index is 3.33. The fraction of sp³-hybridized carbons (Fsp3) is 0.364. The average molecular weight is 245 g/mol. The summed E-state index contributed by atoms with van der Waals surface area (Å²) in [4.78, 5) is 11.6. The number of carbonyl (C=O) groups excluding carboxylic acids is 1. The van der Waals surface area contributed by atoms with Crippen LogP contribution in [0.25, 0.3) is 0 Å². The van der Waals surface area contributed by atoms with Gasteiger partial charge in [0.25, 0.3) is 0 Å². The van der Waals surface area contributed by atoms with E-state index in [1.165, 1.54) is 12.1 Å². The predicted octanol–water partition coefficient (Wildman–Crippen LogP) is 2.06. The molecule has 88 valence electrons. The Hall–Kier alpha value is -1.13. The number of aryl methyl sites for hydroxylation is 1. The summed E-state index contributed by atoms with van der Waals surface area (Å²) in [5, 5.41) is 0.354. The van der Waals surface area contributed by atoms with Gasteiger partial charge in [-0.05, 0) is 44.0 Å². The van der Waals surface area contributed by atoms with Crippen LogP contribution in [-0.2, 0) is 10.2 Å². The summed E-state index contributed by atoms with van der Waals surface area (Å²) in [6.45, 7) is 4.87. The minimum atomic E-state index is -0.972. The van der Waals surface area contributed by atoms with E-state index in [1.807, 2.05) is 5.43 Å². The number of hydrogen-bond acceptors (Lipinski definition) is 2. The molecule has 0 saturated carbocycles. The molecule has 0 aromatic heterocycles. The number of nitrogens with two attached hydrogens (primary N) is 1. The van der Waals surface area contributed by atoms with E-state index in [1.54, 1.807) is 20.8 Å². The highest BCUT2D eigenvalue weighted by molar-refractivity contribution is 6.31. The Labute approximate surface area is 98.7 Å². The number of carbonyl (C=O) groups is 1. The van der Waals surface area contributed by atoms with Crippen molar-refractivity contribution in [2.75, 3.05) is 0 Å². The number of hydrogen-bond donors (Lipinski definition) is 2. The molecule has 0 aliphatic carbocycles. The summed E-state index contributed by atoms with van der Waals surface area (Å²) >= 11 is 6.00. The van der Waals surface area contributed by atoms with E-state index in [0.717, 1.165) is 0 Å². The Kier molecular flexibility index (Phi) is 3.55. The van der Waals surface area contributed by atoms with Crippen molar-refractivity contribution in [3.8, 4) is 0 Å². The minimum absolute atomic E-state index is 0.354. The van der Waals surface area contributed by atoms with E-state index >= 15 is 0 Å². The fourth-order valence-corrected chi connectivity index (χ4v) is 1.88. The molecule has 3 nitrogen and oxygen atoms in total. The third-order valence-corrected chi connectivity index (χ3v) is 2.93. The van der Waals surface area contributed by atoms with E-state index in [0.29, 0.717) is 16.1 Å². The van der Waals surface area contributed by atoms with Crippen LogP contribution >= 0.6 is 11.6 Å². The number of amides is 1. The van der Waals surface area contributed by atoms with E-state index in [-0.39, 0.29) is 0 Å². The number of nitrogens with one attached hydrogen (secondary N) is 1.